The van der Waals surface area contributed by atoms with Gasteiger partial charge in [0.15, 0.2) is 0 Å². The first-order valence-corrected chi connectivity index (χ1v) is 10.1. The molecule has 1 aliphatic carbocycles. The fourth-order valence-corrected chi connectivity index (χ4v) is 3.45. The molecule has 0 saturated carbocycles. The quantitative estimate of drug-likeness (QED) is 0.484. The van der Waals surface area contributed by atoms with E-state index in [-0.39, 0.29) is 0 Å². The summed E-state index contributed by atoms with van der Waals surface area (Å²) in [6.07, 6.45) is 7.00. The second kappa shape index (κ2) is 9.46. The van der Waals surface area contributed by atoms with Crippen molar-refractivity contribution in [3.8, 4) is 0 Å². The zero-order chi connectivity index (χ0) is 19.2. The van der Waals surface area contributed by atoms with Crippen LogP contribution in [0.2, 0.25) is 0 Å². The number of nitrogens with zero attached hydrogens (tertiary/aromatic N) is 5. The Morgan fingerprint density at radius 1 is 1.35 bits per heavy atom. The third-order valence-corrected chi connectivity index (χ3v) is 5.30. The van der Waals surface area contributed by atoms with Crippen molar-refractivity contribution in [1.29, 1.82) is 0 Å². The maximum Gasteiger partial charge on any atom is 0.137 e. The first-order chi connectivity index (χ1) is 12.3. The van der Waals surface area contributed by atoms with Gasteiger partial charge in [0.25, 0.3) is 0 Å². The number of hydrogen-bond acceptors (Lipinski definition) is 5. The first kappa shape index (κ1) is 20.8. The van der Waals surface area contributed by atoms with E-state index in [1.807, 2.05) is 17.7 Å². The number of allylic oxidation sites excluding steroid dienone is 3. The zero-order valence-electron chi connectivity index (χ0n) is 16.6. The lowest BCUT2D eigenvalue weighted by Crippen LogP contribution is -2.39. The molecule has 0 atom stereocenters. The third kappa shape index (κ3) is 6.06. The highest BCUT2D eigenvalue weighted by Crippen LogP contribution is 2.24. The maximum atomic E-state index is 9.99. The SMILES string of the molecule is CCN(CCn1cc(C[N+](C)(C)CCCS)nn1)C1=CC(O)=C(C)CC1. The van der Waals surface area contributed by atoms with Gasteiger partial charge in [0.05, 0.1) is 33.4 Å². The van der Waals surface area contributed by atoms with Crippen LogP contribution in [-0.2, 0) is 13.1 Å². The molecule has 0 amide bonds. The molecule has 1 aliphatic rings. The Morgan fingerprint density at radius 2 is 2.12 bits per heavy atom. The van der Waals surface area contributed by atoms with E-state index in [0.717, 1.165) is 73.5 Å². The van der Waals surface area contributed by atoms with Crippen molar-refractivity contribution in [3.05, 3.63) is 35.0 Å². The molecule has 0 saturated heterocycles. The number of likely N-dealkylation sites (N-methyl/N-ethyl adjacent to an activating group) is 1. The molecule has 0 aromatic carbocycles. The molecule has 0 radical (unpaired) electrons. The van der Waals surface area contributed by atoms with E-state index in [1.165, 1.54) is 5.70 Å². The summed E-state index contributed by atoms with van der Waals surface area (Å²) >= 11 is 4.30. The van der Waals surface area contributed by atoms with Crippen molar-refractivity contribution in [1.82, 2.24) is 19.9 Å². The van der Waals surface area contributed by atoms with E-state index >= 15 is 0 Å². The molecular formula is C19H34N5OS+. The molecule has 0 spiro atoms. The Labute approximate surface area is 163 Å². The highest BCUT2D eigenvalue weighted by Gasteiger charge is 2.18. The Bertz CT molecular complexity index is 650. The second-order valence-electron chi connectivity index (χ2n) is 7.75. The van der Waals surface area contributed by atoms with Gasteiger partial charge in [-0.3, -0.25) is 4.68 Å². The summed E-state index contributed by atoms with van der Waals surface area (Å²) in [4.78, 5) is 2.32. The fourth-order valence-electron chi connectivity index (χ4n) is 3.31. The molecule has 1 heterocycles. The standard InChI is InChI=1S/C19H33N5OS/c1-5-22(18-8-7-16(2)19(25)13-18)9-10-23-14-17(20-21-23)15-24(3,4)11-6-12-26/h13-14H,5-12,15H2,1-4H3,(H-,25,26)/p+1. The minimum absolute atomic E-state index is 0.425. The van der Waals surface area contributed by atoms with Crippen LogP contribution < -0.4 is 0 Å². The summed E-state index contributed by atoms with van der Waals surface area (Å²) in [6, 6.07) is 0. The number of quaternary nitrogens is 1. The summed E-state index contributed by atoms with van der Waals surface area (Å²) in [5, 5.41) is 18.6. The molecule has 0 bridgehead atoms. The lowest BCUT2D eigenvalue weighted by atomic mass is 10.0. The van der Waals surface area contributed by atoms with Gasteiger partial charge in [0.2, 0.25) is 0 Å². The molecule has 1 aromatic heterocycles. The molecule has 0 fully saturated rings. The summed E-state index contributed by atoms with van der Waals surface area (Å²) in [7, 11) is 4.44. The van der Waals surface area contributed by atoms with Crippen molar-refractivity contribution in [2.45, 2.75) is 46.2 Å². The highest BCUT2D eigenvalue weighted by molar-refractivity contribution is 7.80. The summed E-state index contributed by atoms with van der Waals surface area (Å²) in [5.41, 5.74) is 3.31. The number of thiol groups is 1. The normalized spacial score (nSPS) is 15.3. The molecule has 0 aliphatic heterocycles. The van der Waals surface area contributed by atoms with E-state index in [2.05, 4.69) is 55.1 Å². The van der Waals surface area contributed by atoms with Crippen molar-refractivity contribution < 1.29 is 9.59 Å². The van der Waals surface area contributed by atoms with Crippen molar-refractivity contribution in [2.75, 3.05) is 39.5 Å². The van der Waals surface area contributed by atoms with Gasteiger partial charge in [-0.2, -0.15) is 12.6 Å². The average molecular weight is 381 g/mol. The second-order valence-corrected chi connectivity index (χ2v) is 8.20. The molecule has 1 aromatic rings. The average Bonchev–Trinajstić information content (AvgIpc) is 3.03. The predicted molar refractivity (Wildman–Crippen MR) is 109 cm³/mol. The summed E-state index contributed by atoms with van der Waals surface area (Å²) < 4.78 is 2.83. The van der Waals surface area contributed by atoms with Crippen LogP contribution in [0.25, 0.3) is 0 Å². The highest BCUT2D eigenvalue weighted by atomic mass is 32.1. The van der Waals surface area contributed by atoms with Gasteiger partial charge in [-0.05, 0) is 44.1 Å². The maximum absolute atomic E-state index is 9.99. The molecule has 146 valence electrons. The molecule has 2 rings (SSSR count). The van der Waals surface area contributed by atoms with Gasteiger partial charge >= 0.3 is 0 Å². The van der Waals surface area contributed by atoms with E-state index in [9.17, 15) is 5.11 Å². The molecule has 1 N–H and O–H groups in total. The van der Waals surface area contributed by atoms with Crippen LogP contribution >= 0.6 is 12.6 Å². The third-order valence-electron chi connectivity index (χ3n) is 4.98. The minimum Gasteiger partial charge on any atom is -0.508 e. The van der Waals surface area contributed by atoms with Crippen molar-refractivity contribution >= 4 is 12.6 Å². The van der Waals surface area contributed by atoms with Crippen LogP contribution in [-0.4, -0.2) is 69.0 Å². The lowest BCUT2D eigenvalue weighted by Gasteiger charge is -2.28. The van der Waals surface area contributed by atoms with Gasteiger partial charge in [0.1, 0.15) is 18.0 Å². The molecular weight excluding hydrogens is 346 g/mol. The predicted octanol–water partition coefficient (Wildman–Crippen LogP) is 3.01. The van der Waals surface area contributed by atoms with Crippen LogP contribution in [0.1, 0.15) is 38.8 Å². The van der Waals surface area contributed by atoms with Gasteiger partial charge < -0.3 is 14.5 Å². The number of aliphatic hydroxyl groups excluding tert-OH is 1. The van der Waals surface area contributed by atoms with Crippen LogP contribution in [0.3, 0.4) is 0 Å². The van der Waals surface area contributed by atoms with Crippen molar-refractivity contribution in [3.63, 3.8) is 0 Å². The van der Waals surface area contributed by atoms with Crippen LogP contribution in [0, 0.1) is 0 Å². The van der Waals surface area contributed by atoms with Gasteiger partial charge in [-0.15, -0.1) is 5.10 Å². The van der Waals surface area contributed by atoms with Gasteiger partial charge in [-0.25, -0.2) is 0 Å². The lowest BCUT2D eigenvalue weighted by molar-refractivity contribution is -0.903. The monoisotopic (exact) mass is 380 g/mol. The summed E-state index contributed by atoms with van der Waals surface area (Å²) in [5.74, 6) is 1.34. The van der Waals surface area contributed by atoms with Gasteiger partial charge in [-0.1, -0.05) is 5.21 Å². The van der Waals surface area contributed by atoms with Gasteiger partial charge in [0, 0.05) is 25.2 Å². The summed E-state index contributed by atoms with van der Waals surface area (Å²) in [6.45, 7) is 8.71. The van der Waals surface area contributed by atoms with E-state index in [4.69, 9.17) is 0 Å². The zero-order valence-corrected chi connectivity index (χ0v) is 17.5. The molecule has 0 unspecified atom stereocenters. The van der Waals surface area contributed by atoms with E-state index in [0.29, 0.717) is 5.76 Å². The Morgan fingerprint density at radius 3 is 2.77 bits per heavy atom. The van der Waals surface area contributed by atoms with Crippen LogP contribution in [0.5, 0.6) is 0 Å². The Hall–Kier alpha value is -1.47. The van der Waals surface area contributed by atoms with E-state index < -0.39 is 0 Å². The minimum atomic E-state index is 0.425. The number of hydrogen-bond donors (Lipinski definition) is 2. The molecule has 7 heteroatoms. The van der Waals surface area contributed by atoms with Crippen LogP contribution in [0.4, 0.5) is 0 Å². The first-order valence-electron chi connectivity index (χ1n) is 9.50. The largest absolute Gasteiger partial charge is 0.508 e. The molecule has 6 nitrogen and oxygen atoms in total. The number of aliphatic hydroxyl groups is 1. The Kier molecular flexibility index (Phi) is 7.58. The number of aromatic nitrogens is 3. The topological polar surface area (TPSA) is 54.2 Å². The van der Waals surface area contributed by atoms with Crippen molar-refractivity contribution in [2.24, 2.45) is 0 Å². The molecule has 26 heavy (non-hydrogen) atoms. The van der Waals surface area contributed by atoms with Crippen LogP contribution in [0.15, 0.2) is 29.3 Å². The number of rotatable bonds is 10. The van der Waals surface area contributed by atoms with E-state index in [1.54, 1.807) is 0 Å². The Balaban J connectivity index is 1.91. The fraction of sp³-hybridized carbons (Fsp3) is 0.684. The smallest absolute Gasteiger partial charge is 0.137 e.